The monoisotopic (exact) mass is 423 g/mol. The molecule has 0 bridgehead atoms. The number of carbonyl (C=O) groups is 1. The average Bonchev–Trinajstić information content (AvgIpc) is 2.91. The van der Waals surface area contributed by atoms with Crippen LogP contribution in [0.2, 0.25) is 0 Å². The molecule has 1 N–H and O–H groups in total. The van der Waals surface area contributed by atoms with E-state index in [0.29, 0.717) is 36.9 Å². The number of anilines is 1. The van der Waals surface area contributed by atoms with Gasteiger partial charge in [-0.05, 0) is 69.8 Å². The van der Waals surface area contributed by atoms with E-state index in [2.05, 4.69) is 17.3 Å². The van der Waals surface area contributed by atoms with Gasteiger partial charge in [0, 0.05) is 51.0 Å². The van der Waals surface area contributed by atoms with Crippen LogP contribution >= 0.6 is 0 Å². The van der Waals surface area contributed by atoms with Gasteiger partial charge in [0.2, 0.25) is 15.9 Å². The van der Waals surface area contributed by atoms with Crippen LogP contribution in [0.15, 0.2) is 23.1 Å². The Balaban J connectivity index is 1.60. The molecule has 1 saturated heterocycles. The second-order valence-corrected chi connectivity index (χ2v) is 9.82. The van der Waals surface area contributed by atoms with Gasteiger partial charge in [-0.15, -0.1) is 0 Å². The molecule has 0 aromatic heterocycles. The van der Waals surface area contributed by atoms with Gasteiger partial charge in [0.15, 0.2) is 0 Å². The van der Waals surface area contributed by atoms with Gasteiger partial charge in [-0.2, -0.15) is 4.31 Å². The van der Waals surface area contributed by atoms with Crippen molar-refractivity contribution in [2.45, 2.75) is 56.4 Å². The summed E-state index contributed by atoms with van der Waals surface area (Å²) in [5, 5.41) is 2.86. The number of nitrogens with one attached hydrogen (secondary N) is 1. The summed E-state index contributed by atoms with van der Waals surface area (Å²) in [4.78, 5) is 14.4. The maximum Gasteiger partial charge on any atom is 0.243 e. The predicted molar refractivity (Wildman–Crippen MR) is 114 cm³/mol. The Hall–Kier alpha value is -1.48. The van der Waals surface area contributed by atoms with Crippen LogP contribution in [0, 0.1) is 0 Å². The molecule has 0 radical (unpaired) electrons. The highest BCUT2D eigenvalue weighted by molar-refractivity contribution is 7.89. The lowest BCUT2D eigenvalue weighted by Crippen LogP contribution is -2.45. The van der Waals surface area contributed by atoms with E-state index < -0.39 is 10.0 Å². The number of aryl methyl sites for hydroxylation is 1. The fourth-order valence-electron chi connectivity index (χ4n) is 4.13. The molecule has 0 atom stereocenters. The molecule has 0 spiro atoms. The van der Waals surface area contributed by atoms with Crippen LogP contribution in [-0.2, 0) is 26.0 Å². The molecule has 29 heavy (non-hydrogen) atoms. The highest BCUT2D eigenvalue weighted by Gasteiger charge is 2.31. The highest BCUT2D eigenvalue weighted by atomic mass is 32.2. The maximum absolute atomic E-state index is 13.2. The van der Waals surface area contributed by atoms with E-state index in [-0.39, 0.29) is 5.91 Å². The van der Waals surface area contributed by atoms with E-state index in [1.807, 2.05) is 6.92 Å². The van der Waals surface area contributed by atoms with Gasteiger partial charge < -0.3 is 15.0 Å². The molecule has 0 saturated carbocycles. The standard InChI is InChI=1S/C21H33N3O4S/c1-3-28-15-5-12-23(2)18-10-13-24(14-11-18)29(26,27)19-8-9-20-17(16-19)6-4-7-21(25)22-20/h8-9,16,18H,3-7,10-15H2,1-2H3,(H,22,25). The third-order valence-corrected chi connectivity index (χ3v) is 7.78. The number of piperidine rings is 1. The first-order valence-electron chi connectivity index (χ1n) is 10.6. The molecule has 2 heterocycles. The van der Waals surface area contributed by atoms with E-state index in [1.54, 1.807) is 22.5 Å². The zero-order valence-corrected chi connectivity index (χ0v) is 18.3. The third-order valence-electron chi connectivity index (χ3n) is 5.89. The molecule has 162 valence electrons. The minimum Gasteiger partial charge on any atom is -0.382 e. The average molecular weight is 424 g/mol. The van der Waals surface area contributed by atoms with Crippen molar-refractivity contribution in [3.8, 4) is 0 Å². The summed E-state index contributed by atoms with van der Waals surface area (Å²) < 4.78 is 33.3. The lowest BCUT2D eigenvalue weighted by atomic mass is 10.1. The first-order valence-corrected chi connectivity index (χ1v) is 12.1. The normalized spacial score (nSPS) is 19.1. The van der Waals surface area contributed by atoms with Crippen molar-refractivity contribution in [1.82, 2.24) is 9.21 Å². The van der Waals surface area contributed by atoms with E-state index >= 15 is 0 Å². The van der Waals surface area contributed by atoms with Crippen molar-refractivity contribution in [2.24, 2.45) is 0 Å². The van der Waals surface area contributed by atoms with Crippen LogP contribution in [-0.4, -0.2) is 69.5 Å². The molecule has 1 amide bonds. The van der Waals surface area contributed by atoms with Gasteiger partial charge in [0.1, 0.15) is 0 Å². The third kappa shape index (κ3) is 5.57. The number of fused-ring (bicyclic) bond motifs is 1. The largest absolute Gasteiger partial charge is 0.382 e. The van der Waals surface area contributed by atoms with Crippen LogP contribution < -0.4 is 5.32 Å². The second kappa shape index (κ2) is 10.0. The van der Waals surface area contributed by atoms with Crippen LogP contribution in [0.1, 0.15) is 44.6 Å². The Bertz CT molecular complexity index is 804. The zero-order chi connectivity index (χ0) is 20.9. The molecular formula is C21H33N3O4S. The maximum atomic E-state index is 13.2. The number of sulfonamides is 1. The first kappa shape index (κ1) is 22.2. The fourth-order valence-corrected chi connectivity index (χ4v) is 5.65. The minimum absolute atomic E-state index is 0.00759. The second-order valence-electron chi connectivity index (χ2n) is 7.89. The molecule has 0 unspecified atom stereocenters. The Kier molecular flexibility index (Phi) is 7.67. The number of hydrogen-bond donors (Lipinski definition) is 1. The summed E-state index contributed by atoms with van der Waals surface area (Å²) in [7, 11) is -1.40. The zero-order valence-electron chi connectivity index (χ0n) is 17.5. The Morgan fingerprint density at radius 2 is 2.00 bits per heavy atom. The predicted octanol–water partition coefficient (Wildman–Crippen LogP) is 2.47. The van der Waals surface area contributed by atoms with Gasteiger partial charge in [-0.25, -0.2) is 8.42 Å². The number of rotatable bonds is 8. The van der Waals surface area contributed by atoms with Crippen molar-refractivity contribution in [3.63, 3.8) is 0 Å². The van der Waals surface area contributed by atoms with Crippen molar-refractivity contribution in [2.75, 3.05) is 45.2 Å². The molecule has 8 heteroatoms. The molecular weight excluding hydrogens is 390 g/mol. The number of hydrogen-bond acceptors (Lipinski definition) is 5. The summed E-state index contributed by atoms with van der Waals surface area (Å²) >= 11 is 0. The molecule has 2 aliphatic heterocycles. The Morgan fingerprint density at radius 3 is 2.72 bits per heavy atom. The molecule has 0 aliphatic carbocycles. The molecule has 1 aromatic rings. The molecule has 7 nitrogen and oxygen atoms in total. The van der Waals surface area contributed by atoms with E-state index in [0.717, 1.165) is 56.7 Å². The summed E-state index contributed by atoms with van der Waals surface area (Å²) in [5.74, 6) is -0.00759. The van der Waals surface area contributed by atoms with Gasteiger partial charge in [-0.1, -0.05) is 0 Å². The van der Waals surface area contributed by atoms with Crippen LogP contribution in [0.3, 0.4) is 0 Å². The van der Waals surface area contributed by atoms with E-state index in [1.165, 1.54) is 0 Å². The first-order chi connectivity index (χ1) is 13.9. The van der Waals surface area contributed by atoms with Crippen LogP contribution in [0.4, 0.5) is 5.69 Å². The van der Waals surface area contributed by atoms with Crippen molar-refractivity contribution in [1.29, 1.82) is 0 Å². The number of ether oxygens (including phenoxy) is 1. The number of benzene rings is 1. The van der Waals surface area contributed by atoms with Crippen molar-refractivity contribution in [3.05, 3.63) is 23.8 Å². The summed E-state index contributed by atoms with van der Waals surface area (Å²) in [6.07, 6.45) is 4.60. The van der Waals surface area contributed by atoms with Crippen molar-refractivity contribution >= 4 is 21.6 Å². The van der Waals surface area contributed by atoms with Crippen molar-refractivity contribution < 1.29 is 17.9 Å². The SMILES string of the molecule is CCOCCCN(C)C1CCN(S(=O)(=O)c2ccc3c(c2)CCCC(=O)N3)CC1. The van der Waals surface area contributed by atoms with Crippen LogP contribution in [0.25, 0.3) is 0 Å². The van der Waals surface area contributed by atoms with Gasteiger partial charge in [0.25, 0.3) is 0 Å². The van der Waals surface area contributed by atoms with E-state index in [4.69, 9.17) is 4.74 Å². The van der Waals surface area contributed by atoms with Gasteiger partial charge >= 0.3 is 0 Å². The van der Waals surface area contributed by atoms with Gasteiger partial charge in [-0.3, -0.25) is 4.79 Å². The summed E-state index contributed by atoms with van der Waals surface area (Å²) in [5.41, 5.74) is 1.64. The Morgan fingerprint density at radius 1 is 1.24 bits per heavy atom. The lowest BCUT2D eigenvalue weighted by Gasteiger charge is -2.36. The van der Waals surface area contributed by atoms with Gasteiger partial charge in [0.05, 0.1) is 4.90 Å². The molecule has 2 aliphatic rings. The summed E-state index contributed by atoms with van der Waals surface area (Å²) in [6.45, 7) is 5.56. The minimum atomic E-state index is -3.51. The lowest BCUT2D eigenvalue weighted by molar-refractivity contribution is -0.116. The van der Waals surface area contributed by atoms with Crippen LogP contribution in [0.5, 0.6) is 0 Å². The van der Waals surface area contributed by atoms with E-state index in [9.17, 15) is 13.2 Å². The highest BCUT2D eigenvalue weighted by Crippen LogP contribution is 2.28. The number of amides is 1. The smallest absolute Gasteiger partial charge is 0.243 e. The fraction of sp³-hybridized carbons (Fsp3) is 0.667. The summed E-state index contributed by atoms with van der Waals surface area (Å²) in [6, 6.07) is 5.49. The molecule has 1 fully saturated rings. The molecule has 1 aromatic carbocycles. The Labute approximate surface area is 174 Å². The number of carbonyl (C=O) groups excluding carboxylic acids is 1. The number of nitrogens with zero attached hydrogens (tertiary/aromatic N) is 2. The topological polar surface area (TPSA) is 79.0 Å². The quantitative estimate of drug-likeness (QED) is 0.650. The molecule has 3 rings (SSSR count).